The number of aromatic amines is 1. The van der Waals surface area contributed by atoms with Gasteiger partial charge in [-0.15, -0.1) is 0 Å². The number of unbranched alkanes of at least 4 members (excludes halogenated alkanes) is 1. The van der Waals surface area contributed by atoms with Crippen LogP contribution in [-0.4, -0.2) is 18.1 Å². The number of nitrogens with two attached hydrogens (primary N) is 1. The van der Waals surface area contributed by atoms with Crippen molar-refractivity contribution in [3.8, 4) is 5.75 Å². The Kier molecular flexibility index (Phi) is 5.55. The molecular formula is C21H26N2O. The van der Waals surface area contributed by atoms with E-state index < -0.39 is 0 Å². The van der Waals surface area contributed by atoms with Crippen molar-refractivity contribution in [2.75, 3.05) is 13.2 Å². The van der Waals surface area contributed by atoms with Crippen molar-refractivity contribution in [3.63, 3.8) is 0 Å². The highest BCUT2D eigenvalue weighted by molar-refractivity contribution is 5.83. The zero-order valence-corrected chi connectivity index (χ0v) is 14.3. The molecule has 1 unspecified atom stereocenters. The molecule has 0 aliphatic carbocycles. The molecule has 0 aliphatic rings. The third-order valence-electron chi connectivity index (χ3n) is 4.49. The van der Waals surface area contributed by atoms with Crippen LogP contribution in [0.25, 0.3) is 10.9 Å². The Morgan fingerprint density at radius 1 is 1.12 bits per heavy atom. The Balaban J connectivity index is 1.77. The maximum atomic E-state index is 6.09. The first-order valence-corrected chi connectivity index (χ1v) is 8.79. The van der Waals surface area contributed by atoms with Crippen LogP contribution >= 0.6 is 0 Å². The molecule has 0 saturated heterocycles. The summed E-state index contributed by atoms with van der Waals surface area (Å²) < 4.78 is 5.83. The quantitative estimate of drug-likeness (QED) is 0.594. The number of benzene rings is 2. The molecule has 24 heavy (non-hydrogen) atoms. The lowest BCUT2D eigenvalue weighted by Gasteiger charge is -2.15. The largest absolute Gasteiger partial charge is 0.494 e. The summed E-state index contributed by atoms with van der Waals surface area (Å²) in [5, 5.41) is 1.27. The number of hydrogen-bond acceptors (Lipinski definition) is 2. The molecule has 3 heteroatoms. The van der Waals surface area contributed by atoms with Crippen LogP contribution in [0.4, 0.5) is 0 Å². The molecule has 0 aliphatic heterocycles. The summed E-state index contributed by atoms with van der Waals surface area (Å²) in [6.45, 7) is 3.58. The van der Waals surface area contributed by atoms with Gasteiger partial charge in [-0.2, -0.15) is 0 Å². The Labute approximate surface area is 143 Å². The van der Waals surface area contributed by atoms with Crippen molar-refractivity contribution >= 4 is 10.9 Å². The molecule has 3 rings (SSSR count). The highest BCUT2D eigenvalue weighted by Gasteiger charge is 2.15. The van der Waals surface area contributed by atoms with Gasteiger partial charge >= 0.3 is 0 Å². The van der Waals surface area contributed by atoms with Crippen LogP contribution in [0.2, 0.25) is 0 Å². The van der Waals surface area contributed by atoms with E-state index >= 15 is 0 Å². The summed E-state index contributed by atoms with van der Waals surface area (Å²) in [7, 11) is 0. The molecule has 1 atom stereocenters. The lowest BCUT2D eigenvalue weighted by atomic mass is 9.91. The van der Waals surface area contributed by atoms with Crippen molar-refractivity contribution in [1.82, 2.24) is 4.98 Å². The fraction of sp³-hybridized carbons (Fsp3) is 0.333. The van der Waals surface area contributed by atoms with E-state index in [1.807, 2.05) is 6.07 Å². The number of nitrogens with one attached hydrogen (secondary N) is 1. The molecule has 3 nitrogen and oxygen atoms in total. The smallest absolute Gasteiger partial charge is 0.119 e. The third-order valence-corrected chi connectivity index (χ3v) is 4.49. The van der Waals surface area contributed by atoms with Gasteiger partial charge in [0.15, 0.2) is 0 Å². The second-order valence-electron chi connectivity index (χ2n) is 6.28. The van der Waals surface area contributed by atoms with E-state index in [0.29, 0.717) is 12.5 Å². The number of H-pyrrole nitrogens is 1. The maximum absolute atomic E-state index is 6.09. The van der Waals surface area contributed by atoms with Crippen molar-refractivity contribution in [3.05, 3.63) is 65.9 Å². The van der Waals surface area contributed by atoms with Gasteiger partial charge in [0.05, 0.1) is 6.61 Å². The first kappa shape index (κ1) is 16.6. The van der Waals surface area contributed by atoms with E-state index in [4.69, 9.17) is 10.5 Å². The zero-order chi connectivity index (χ0) is 16.8. The summed E-state index contributed by atoms with van der Waals surface area (Å²) in [6, 6.07) is 16.8. The average Bonchev–Trinajstić information content (AvgIpc) is 3.04. The van der Waals surface area contributed by atoms with Gasteiger partial charge in [0.25, 0.3) is 0 Å². The first-order chi connectivity index (χ1) is 11.8. The molecule has 0 bridgehead atoms. The Bertz CT molecular complexity index is 778. The van der Waals surface area contributed by atoms with Crippen molar-refractivity contribution < 1.29 is 4.74 Å². The topological polar surface area (TPSA) is 51.0 Å². The lowest BCUT2D eigenvalue weighted by molar-refractivity contribution is 0.309. The van der Waals surface area contributed by atoms with Crippen LogP contribution in [0.15, 0.2) is 54.7 Å². The second-order valence-corrected chi connectivity index (χ2v) is 6.28. The second kappa shape index (κ2) is 8.02. The number of fused-ring (bicyclic) bond motifs is 1. The Morgan fingerprint density at radius 2 is 2.00 bits per heavy atom. The van der Waals surface area contributed by atoms with Crippen LogP contribution in [0, 0.1) is 0 Å². The van der Waals surface area contributed by atoms with Crippen LogP contribution in [-0.2, 0) is 6.42 Å². The molecule has 3 aromatic rings. The average molecular weight is 322 g/mol. The van der Waals surface area contributed by atoms with Gasteiger partial charge in [0.1, 0.15) is 5.75 Å². The minimum absolute atomic E-state index is 0.298. The van der Waals surface area contributed by atoms with E-state index in [-0.39, 0.29) is 0 Å². The van der Waals surface area contributed by atoms with Gasteiger partial charge in [-0.05, 0) is 48.7 Å². The molecule has 1 aromatic heterocycles. The highest BCUT2D eigenvalue weighted by atomic mass is 16.5. The fourth-order valence-electron chi connectivity index (χ4n) is 3.13. The zero-order valence-electron chi connectivity index (χ0n) is 14.3. The minimum Gasteiger partial charge on any atom is -0.494 e. The number of hydrogen-bond donors (Lipinski definition) is 2. The molecule has 0 amide bonds. The summed E-state index contributed by atoms with van der Waals surface area (Å²) >= 11 is 0. The number of para-hydroxylation sites is 1. The molecule has 0 radical (unpaired) electrons. The third kappa shape index (κ3) is 3.80. The lowest BCUT2D eigenvalue weighted by Crippen LogP contribution is -2.14. The van der Waals surface area contributed by atoms with Crippen molar-refractivity contribution in [2.45, 2.75) is 32.1 Å². The molecule has 3 N–H and O–H groups in total. The van der Waals surface area contributed by atoms with Crippen molar-refractivity contribution in [2.24, 2.45) is 5.73 Å². The summed E-state index contributed by atoms with van der Waals surface area (Å²) in [6.07, 6.45) is 5.26. The molecule has 2 aromatic carbocycles. The normalized spacial score (nSPS) is 12.4. The van der Waals surface area contributed by atoms with Gasteiger partial charge in [-0.1, -0.05) is 43.7 Å². The maximum Gasteiger partial charge on any atom is 0.119 e. The monoisotopic (exact) mass is 322 g/mol. The van der Waals surface area contributed by atoms with E-state index in [2.05, 4.69) is 60.6 Å². The van der Waals surface area contributed by atoms with Crippen LogP contribution in [0.3, 0.4) is 0 Å². The van der Waals surface area contributed by atoms with Crippen LogP contribution < -0.4 is 10.5 Å². The number of rotatable bonds is 8. The van der Waals surface area contributed by atoms with E-state index in [0.717, 1.165) is 31.6 Å². The molecule has 0 spiro atoms. The van der Waals surface area contributed by atoms with E-state index in [9.17, 15) is 0 Å². The highest BCUT2D eigenvalue weighted by Crippen LogP contribution is 2.28. The van der Waals surface area contributed by atoms with E-state index in [1.165, 1.54) is 22.0 Å². The van der Waals surface area contributed by atoms with Gasteiger partial charge in [0, 0.05) is 23.0 Å². The number of ether oxygens (including phenoxy) is 1. The Morgan fingerprint density at radius 3 is 2.83 bits per heavy atom. The van der Waals surface area contributed by atoms with Gasteiger partial charge < -0.3 is 15.5 Å². The first-order valence-electron chi connectivity index (χ1n) is 8.79. The Hall–Kier alpha value is -2.26. The minimum atomic E-state index is 0.298. The summed E-state index contributed by atoms with van der Waals surface area (Å²) in [5.74, 6) is 1.25. The SMILES string of the molecule is CCCCOc1cccc(CC(CN)c2c[nH]c3ccccc23)c1. The molecule has 126 valence electrons. The summed E-state index contributed by atoms with van der Waals surface area (Å²) in [5.41, 5.74) is 9.83. The fourth-order valence-corrected chi connectivity index (χ4v) is 3.13. The van der Waals surface area contributed by atoms with Crippen LogP contribution in [0.1, 0.15) is 36.8 Å². The van der Waals surface area contributed by atoms with Gasteiger partial charge in [-0.3, -0.25) is 0 Å². The molecule has 0 saturated carbocycles. The summed E-state index contributed by atoms with van der Waals surface area (Å²) in [4.78, 5) is 3.35. The van der Waals surface area contributed by atoms with Crippen LogP contribution in [0.5, 0.6) is 5.75 Å². The predicted octanol–water partition coefficient (Wildman–Crippen LogP) is 4.63. The van der Waals surface area contributed by atoms with Gasteiger partial charge in [-0.25, -0.2) is 0 Å². The predicted molar refractivity (Wildman–Crippen MR) is 101 cm³/mol. The molecular weight excluding hydrogens is 296 g/mol. The van der Waals surface area contributed by atoms with E-state index in [1.54, 1.807) is 0 Å². The molecule has 1 heterocycles. The van der Waals surface area contributed by atoms with Crippen molar-refractivity contribution in [1.29, 1.82) is 0 Å². The molecule has 0 fully saturated rings. The number of aromatic nitrogens is 1. The van der Waals surface area contributed by atoms with Gasteiger partial charge in [0.2, 0.25) is 0 Å². The standard InChI is InChI=1S/C21H26N2O/c1-2-3-11-24-18-8-6-7-16(13-18)12-17(14-22)20-15-23-21-10-5-4-9-19(20)21/h4-10,13,15,17,23H,2-3,11-12,14,22H2,1H3.